The number of likely N-dealkylation sites (tertiary alicyclic amines) is 1. The molecule has 35 heavy (non-hydrogen) atoms. The molecule has 0 aromatic carbocycles. The zero-order valence-corrected chi connectivity index (χ0v) is 19.6. The van der Waals surface area contributed by atoms with Crippen molar-refractivity contribution in [1.82, 2.24) is 19.0 Å². The fourth-order valence-corrected chi connectivity index (χ4v) is 5.40. The maximum atomic E-state index is 12.1. The van der Waals surface area contributed by atoms with E-state index in [0.29, 0.717) is 6.54 Å². The number of carbonyl (C=O) groups is 2. The maximum absolute atomic E-state index is 12.1. The van der Waals surface area contributed by atoms with Crippen molar-refractivity contribution in [2.45, 2.75) is 50.1 Å². The van der Waals surface area contributed by atoms with Crippen molar-refractivity contribution in [2.24, 2.45) is 7.05 Å². The zero-order valence-electron chi connectivity index (χ0n) is 18.8. The summed E-state index contributed by atoms with van der Waals surface area (Å²) in [7, 11) is -1.19. The monoisotopic (exact) mass is 540 g/mol. The van der Waals surface area contributed by atoms with E-state index in [9.17, 15) is 34.8 Å². The SMILES string of the molecule is Cn1cc(CN2CCCC3(CCCN3S(C)(=O)=O)C2)cn1.O=C(O)C(F)(F)F.O=C(O)C(F)(F)F. The predicted molar refractivity (Wildman–Crippen MR) is 109 cm³/mol. The molecular weight excluding hydrogens is 514 g/mol. The third-order valence-electron chi connectivity index (χ3n) is 5.22. The molecule has 2 aliphatic heterocycles. The highest BCUT2D eigenvalue weighted by molar-refractivity contribution is 7.88. The van der Waals surface area contributed by atoms with Crippen LogP contribution >= 0.6 is 0 Å². The van der Waals surface area contributed by atoms with Crippen LogP contribution in [-0.4, -0.2) is 93.3 Å². The molecule has 0 aliphatic carbocycles. The summed E-state index contributed by atoms with van der Waals surface area (Å²) in [6, 6.07) is 0. The number of aromatic nitrogens is 2. The number of rotatable bonds is 3. The minimum absolute atomic E-state index is 0.173. The molecule has 2 fully saturated rings. The topological polar surface area (TPSA) is 133 Å². The van der Waals surface area contributed by atoms with Gasteiger partial charge in [-0.05, 0) is 32.2 Å². The number of hydrogen-bond acceptors (Lipinski definition) is 6. The van der Waals surface area contributed by atoms with Crippen LogP contribution in [0.3, 0.4) is 0 Å². The first-order chi connectivity index (χ1) is 15.8. The molecule has 17 heteroatoms. The number of sulfonamides is 1. The summed E-state index contributed by atoms with van der Waals surface area (Å²) >= 11 is 0. The van der Waals surface area contributed by atoms with Gasteiger partial charge in [0.1, 0.15) is 0 Å². The number of hydrogen-bond donors (Lipinski definition) is 2. The molecule has 3 heterocycles. The summed E-state index contributed by atoms with van der Waals surface area (Å²) in [5, 5.41) is 18.5. The summed E-state index contributed by atoms with van der Waals surface area (Å²) in [5.74, 6) is -5.51. The van der Waals surface area contributed by atoms with Gasteiger partial charge in [-0.15, -0.1) is 0 Å². The fourth-order valence-electron chi connectivity index (χ4n) is 3.99. The van der Waals surface area contributed by atoms with Crippen LogP contribution in [0.2, 0.25) is 0 Å². The van der Waals surface area contributed by atoms with Crippen molar-refractivity contribution in [3.05, 3.63) is 18.0 Å². The van der Waals surface area contributed by atoms with Crippen molar-refractivity contribution < 1.29 is 54.6 Å². The molecule has 3 rings (SSSR count). The molecule has 1 unspecified atom stereocenters. The van der Waals surface area contributed by atoms with Crippen LogP contribution in [0.1, 0.15) is 31.2 Å². The lowest BCUT2D eigenvalue weighted by Crippen LogP contribution is -2.56. The Kier molecular flexibility index (Phi) is 10.1. The second kappa shape index (κ2) is 11.6. The number of aryl methyl sites for hydroxylation is 1. The Hall–Kier alpha value is -2.40. The number of halogens is 6. The van der Waals surface area contributed by atoms with Gasteiger partial charge in [0.05, 0.1) is 12.5 Å². The summed E-state index contributed by atoms with van der Waals surface area (Å²) in [4.78, 5) is 20.2. The Bertz CT molecular complexity index is 957. The normalized spacial score (nSPS) is 21.6. The second-order valence-electron chi connectivity index (χ2n) is 8.11. The smallest absolute Gasteiger partial charge is 0.475 e. The Morgan fingerprint density at radius 3 is 1.86 bits per heavy atom. The van der Waals surface area contributed by atoms with Gasteiger partial charge in [0.2, 0.25) is 10.0 Å². The molecule has 1 atom stereocenters. The molecule has 1 spiro atoms. The zero-order chi connectivity index (χ0) is 27.2. The average molecular weight is 540 g/mol. The largest absolute Gasteiger partial charge is 0.490 e. The number of alkyl halides is 6. The molecule has 0 radical (unpaired) electrons. The van der Waals surface area contributed by atoms with E-state index >= 15 is 0 Å². The van der Waals surface area contributed by atoms with Crippen LogP contribution < -0.4 is 0 Å². The van der Waals surface area contributed by atoms with Gasteiger partial charge in [-0.1, -0.05) is 0 Å². The summed E-state index contributed by atoms with van der Waals surface area (Å²) < 4.78 is 91.2. The van der Waals surface area contributed by atoms with Crippen molar-refractivity contribution in [2.75, 3.05) is 25.9 Å². The molecule has 0 amide bonds. The molecule has 2 aliphatic rings. The van der Waals surface area contributed by atoms with E-state index in [2.05, 4.69) is 10.00 Å². The first kappa shape index (κ1) is 30.6. The molecule has 0 bridgehead atoms. The van der Waals surface area contributed by atoms with Gasteiger partial charge >= 0.3 is 24.3 Å². The minimum atomic E-state index is -5.08. The van der Waals surface area contributed by atoms with Gasteiger partial charge in [0.15, 0.2) is 0 Å². The van der Waals surface area contributed by atoms with E-state index in [1.807, 2.05) is 24.1 Å². The molecule has 0 saturated carbocycles. The Balaban J connectivity index is 0.000000362. The van der Waals surface area contributed by atoms with Gasteiger partial charge in [-0.2, -0.15) is 35.7 Å². The molecule has 202 valence electrons. The van der Waals surface area contributed by atoms with Gasteiger partial charge in [0.25, 0.3) is 0 Å². The number of nitrogens with zero attached hydrogens (tertiary/aromatic N) is 4. The first-order valence-corrected chi connectivity index (χ1v) is 11.9. The van der Waals surface area contributed by atoms with Crippen LogP contribution in [0, 0.1) is 0 Å². The highest BCUT2D eigenvalue weighted by Gasteiger charge is 2.47. The average Bonchev–Trinajstić information content (AvgIpc) is 3.27. The van der Waals surface area contributed by atoms with E-state index in [-0.39, 0.29) is 5.54 Å². The number of piperidine rings is 1. The third kappa shape index (κ3) is 9.64. The number of aliphatic carboxylic acids is 2. The lowest BCUT2D eigenvalue weighted by Gasteiger charge is -2.44. The van der Waals surface area contributed by atoms with Crippen molar-refractivity contribution in [3.8, 4) is 0 Å². The predicted octanol–water partition coefficient (Wildman–Crippen LogP) is 2.08. The quantitative estimate of drug-likeness (QED) is 0.557. The van der Waals surface area contributed by atoms with Gasteiger partial charge in [-0.25, -0.2) is 18.0 Å². The van der Waals surface area contributed by atoms with Crippen LogP contribution in [-0.2, 0) is 33.2 Å². The van der Waals surface area contributed by atoms with Gasteiger partial charge < -0.3 is 10.2 Å². The lowest BCUT2D eigenvalue weighted by atomic mass is 9.87. The molecule has 10 nitrogen and oxygen atoms in total. The van der Waals surface area contributed by atoms with E-state index in [0.717, 1.165) is 45.3 Å². The summed E-state index contributed by atoms with van der Waals surface area (Å²) in [5.41, 5.74) is 1.02. The molecule has 2 saturated heterocycles. The standard InChI is InChI=1S/C14H24N4O2S.2C2HF3O2/c1-16-10-13(9-15-16)11-17-7-3-5-14(12-17)6-4-8-18(14)21(2,19)20;2*3-2(4,5)1(6)7/h9-10H,3-8,11-12H2,1-2H3;2*(H,6,7). The maximum Gasteiger partial charge on any atom is 0.490 e. The van der Waals surface area contributed by atoms with E-state index in [1.54, 1.807) is 4.31 Å². The van der Waals surface area contributed by atoms with E-state index < -0.39 is 34.3 Å². The van der Waals surface area contributed by atoms with Crippen LogP contribution in [0.4, 0.5) is 26.3 Å². The highest BCUT2D eigenvalue weighted by atomic mass is 32.2. The Morgan fingerprint density at radius 1 is 1.03 bits per heavy atom. The second-order valence-corrected chi connectivity index (χ2v) is 10.0. The molecule has 1 aromatic heterocycles. The number of carboxylic acids is 2. The van der Waals surface area contributed by atoms with Gasteiger partial charge in [-0.3, -0.25) is 9.58 Å². The van der Waals surface area contributed by atoms with Crippen molar-refractivity contribution in [1.29, 1.82) is 0 Å². The van der Waals surface area contributed by atoms with Crippen molar-refractivity contribution >= 4 is 22.0 Å². The van der Waals surface area contributed by atoms with E-state index in [1.165, 1.54) is 11.8 Å². The first-order valence-electron chi connectivity index (χ1n) is 10.1. The molecule has 2 N–H and O–H groups in total. The summed E-state index contributed by atoms with van der Waals surface area (Å²) in [6.07, 6.45) is -0.873. The fraction of sp³-hybridized carbons (Fsp3) is 0.722. The van der Waals surface area contributed by atoms with Crippen molar-refractivity contribution in [3.63, 3.8) is 0 Å². The van der Waals surface area contributed by atoms with Crippen LogP contribution in [0.25, 0.3) is 0 Å². The minimum Gasteiger partial charge on any atom is -0.475 e. The Morgan fingerprint density at radius 2 is 1.49 bits per heavy atom. The Labute approximate surface area is 197 Å². The van der Waals surface area contributed by atoms with Crippen LogP contribution in [0.15, 0.2) is 12.4 Å². The number of carboxylic acid groups (broad SMARTS) is 2. The van der Waals surface area contributed by atoms with Gasteiger partial charge in [0, 0.05) is 44.0 Å². The van der Waals surface area contributed by atoms with Crippen LogP contribution in [0.5, 0.6) is 0 Å². The molecule has 1 aromatic rings. The van der Waals surface area contributed by atoms with E-state index in [4.69, 9.17) is 19.8 Å². The summed E-state index contributed by atoms with van der Waals surface area (Å²) in [6.45, 7) is 3.41. The molecular formula is C18H26F6N4O6S. The highest BCUT2D eigenvalue weighted by Crippen LogP contribution is 2.39. The third-order valence-corrected chi connectivity index (χ3v) is 6.59. The lowest BCUT2D eigenvalue weighted by molar-refractivity contribution is -0.193.